The summed E-state index contributed by atoms with van der Waals surface area (Å²) in [5.74, 6) is -2.19. The van der Waals surface area contributed by atoms with Crippen molar-refractivity contribution >= 4 is 64.5 Å². The third kappa shape index (κ3) is 6.48. The normalized spacial score (nSPS) is 10.6. The van der Waals surface area contributed by atoms with Crippen LogP contribution in [0, 0.1) is 0 Å². The molecule has 174 valence electrons. The van der Waals surface area contributed by atoms with Crippen LogP contribution in [-0.4, -0.2) is 31.1 Å². The maximum Gasteiger partial charge on any atom is 0.345 e. The van der Waals surface area contributed by atoms with E-state index in [-0.39, 0.29) is 27.1 Å². The number of amides is 2. The molecular weight excluding hydrogens is 505 g/mol. The van der Waals surface area contributed by atoms with E-state index in [2.05, 4.69) is 15.8 Å². The van der Waals surface area contributed by atoms with Crippen molar-refractivity contribution in [3.8, 4) is 11.5 Å². The number of esters is 1. The average molecular weight is 521 g/mol. The van der Waals surface area contributed by atoms with Crippen molar-refractivity contribution < 1.29 is 23.9 Å². The number of halogens is 3. The largest absolute Gasteiger partial charge is 0.493 e. The highest BCUT2D eigenvalue weighted by Crippen LogP contribution is 2.29. The van der Waals surface area contributed by atoms with E-state index in [1.807, 2.05) is 0 Å². The van der Waals surface area contributed by atoms with Crippen LogP contribution in [0.5, 0.6) is 11.5 Å². The molecule has 0 aliphatic rings. The highest BCUT2D eigenvalue weighted by molar-refractivity contribution is 6.43. The molecule has 0 atom stereocenters. The van der Waals surface area contributed by atoms with Crippen LogP contribution in [0.15, 0.2) is 65.8 Å². The maximum atomic E-state index is 12.4. The molecular formula is C23H16Cl3N3O5. The molecule has 0 heterocycles. The Balaban J connectivity index is 1.61. The summed E-state index contributed by atoms with van der Waals surface area (Å²) < 4.78 is 10.6. The fourth-order valence-electron chi connectivity index (χ4n) is 2.61. The van der Waals surface area contributed by atoms with Gasteiger partial charge in [-0.2, -0.15) is 5.10 Å². The van der Waals surface area contributed by atoms with Gasteiger partial charge < -0.3 is 14.8 Å². The van der Waals surface area contributed by atoms with Crippen LogP contribution < -0.4 is 20.2 Å². The number of rotatable bonds is 6. The highest BCUT2D eigenvalue weighted by Gasteiger charge is 2.16. The summed E-state index contributed by atoms with van der Waals surface area (Å²) >= 11 is 17.7. The number of methoxy groups -OCH3 is 1. The lowest BCUT2D eigenvalue weighted by atomic mass is 10.2. The number of hydrogen-bond donors (Lipinski definition) is 2. The van der Waals surface area contributed by atoms with Gasteiger partial charge in [-0.05, 0) is 54.1 Å². The van der Waals surface area contributed by atoms with Gasteiger partial charge in [-0.25, -0.2) is 10.2 Å². The Hall–Kier alpha value is -3.59. The summed E-state index contributed by atoms with van der Waals surface area (Å²) in [6.07, 6.45) is 1.28. The monoisotopic (exact) mass is 519 g/mol. The Morgan fingerprint density at radius 1 is 0.853 bits per heavy atom. The predicted molar refractivity (Wildman–Crippen MR) is 130 cm³/mol. The minimum atomic E-state index is -1.00. The second-order valence-electron chi connectivity index (χ2n) is 6.56. The van der Waals surface area contributed by atoms with Crippen molar-refractivity contribution in [3.63, 3.8) is 0 Å². The number of carbonyl (C=O) groups is 3. The summed E-state index contributed by atoms with van der Waals surface area (Å²) in [5.41, 5.74) is 3.11. The predicted octanol–water partition coefficient (Wildman–Crippen LogP) is 4.96. The van der Waals surface area contributed by atoms with Crippen molar-refractivity contribution in [2.75, 3.05) is 12.4 Å². The summed E-state index contributed by atoms with van der Waals surface area (Å²) in [4.78, 5) is 36.3. The van der Waals surface area contributed by atoms with Gasteiger partial charge in [0.1, 0.15) is 0 Å². The molecule has 2 amide bonds. The van der Waals surface area contributed by atoms with Crippen LogP contribution in [-0.2, 0) is 9.59 Å². The first-order chi connectivity index (χ1) is 16.3. The lowest BCUT2D eigenvalue weighted by Crippen LogP contribution is -2.32. The van der Waals surface area contributed by atoms with E-state index in [0.29, 0.717) is 16.3 Å². The Morgan fingerprint density at radius 2 is 1.62 bits per heavy atom. The highest BCUT2D eigenvalue weighted by atomic mass is 35.5. The molecule has 0 saturated heterocycles. The molecule has 0 aliphatic heterocycles. The first-order valence-electron chi connectivity index (χ1n) is 9.52. The molecule has 0 aliphatic carbocycles. The van der Waals surface area contributed by atoms with Gasteiger partial charge in [-0.1, -0.05) is 46.9 Å². The Labute approximate surface area is 209 Å². The molecule has 3 aromatic carbocycles. The SMILES string of the molecule is COc1cc(/C=N/NC(=O)C(=O)Nc2ccc(Cl)c(Cl)c2)ccc1OC(=O)c1ccccc1Cl. The van der Waals surface area contributed by atoms with E-state index in [1.165, 1.54) is 43.7 Å². The molecule has 0 unspecified atom stereocenters. The molecule has 0 radical (unpaired) electrons. The van der Waals surface area contributed by atoms with Crippen molar-refractivity contribution in [2.45, 2.75) is 0 Å². The Kier molecular flexibility index (Phi) is 8.48. The minimum Gasteiger partial charge on any atom is -0.493 e. The topological polar surface area (TPSA) is 106 Å². The zero-order chi connectivity index (χ0) is 24.7. The molecule has 3 aromatic rings. The van der Waals surface area contributed by atoms with Gasteiger partial charge in [0.2, 0.25) is 0 Å². The number of nitrogens with one attached hydrogen (secondary N) is 2. The fraction of sp³-hybridized carbons (Fsp3) is 0.0435. The first kappa shape index (κ1) is 25.0. The van der Waals surface area contributed by atoms with Gasteiger partial charge in [0.15, 0.2) is 11.5 Å². The van der Waals surface area contributed by atoms with Crippen LogP contribution >= 0.6 is 34.8 Å². The lowest BCUT2D eigenvalue weighted by molar-refractivity contribution is -0.136. The van der Waals surface area contributed by atoms with Crippen molar-refractivity contribution in [2.24, 2.45) is 5.10 Å². The summed E-state index contributed by atoms with van der Waals surface area (Å²) in [7, 11) is 1.40. The van der Waals surface area contributed by atoms with Gasteiger partial charge in [-0.3, -0.25) is 9.59 Å². The van der Waals surface area contributed by atoms with Gasteiger partial charge in [-0.15, -0.1) is 0 Å². The number of hydrogen-bond acceptors (Lipinski definition) is 6. The standard InChI is InChI=1S/C23H16Cl3N3O5/c1-33-20-10-13(6-9-19(20)34-23(32)15-4-2-3-5-16(15)24)12-27-29-22(31)21(30)28-14-7-8-17(25)18(26)11-14/h2-12H,1H3,(H,28,30)(H,29,31)/b27-12+. The molecule has 11 heteroatoms. The molecule has 34 heavy (non-hydrogen) atoms. The van der Waals surface area contributed by atoms with Crippen molar-refractivity contribution in [1.82, 2.24) is 5.43 Å². The molecule has 3 rings (SSSR count). The van der Waals surface area contributed by atoms with E-state index >= 15 is 0 Å². The van der Waals surface area contributed by atoms with Crippen LogP contribution in [0.3, 0.4) is 0 Å². The lowest BCUT2D eigenvalue weighted by Gasteiger charge is -2.10. The van der Waals surface area contributed by atoms with Crippen molar-refractivity contribution in [3.05, 3.63) is 86.9 Å². The number of nitrogens with zero attached hydrogens (tertiary/aromatic N) is 1. The molecule has 0 spiro atoms. The van der Waals surface area contributed by atoms with Crippen molar-refractivity contribution in [1.29, 1.82) is 0 Å². The molecule has 0 fully saturated rings. The summed E-state index contributed by atoms with van der Waals surface area (Å²) in [6, 6.07) is 15.5. The maximum absolute atomic E-state index is 12.4. The number of anilines is 1. The van der Waals surface area contributed by atoms with E-state index in [9.17, 15) is 14.4 Å². The number of carbonyl (C=O) groups excluding carboxylic acids is 3. The van der Waals surface area contributed by atoms with E-state index in [0.717, 1.165) is 0 Å². The number of hydrazone groups is 1. The first-order valence-corrected chi connectivity index (χ1v) is 10.7. The summed E-state index contributed by atoms with van der Waals surface area (Å²) in [5, 5.41) is 6.92. The third-order valence-corrected chi connectivity index (χ3v) is 5.32. The molecule has 0 saturated carbocycles. The van der Waals surface area contributed by atoms with E-state index in [4.69, 9.17) is 44.3 Å². The Morgan fingerprint density at radius 3 is 2.32 bits per heavy atom. The second-order valence-corrected chi connectivity index (χ2v) is 7.78. The molecule has 8 nitrogen and oxygen atoms in total. The third-order valence-electron chi connectivity index (χ3n) is 4.25. The number of ether oxygens (including phenoxy) is 2. The van der Waals surface area contributed by atoms with Gasteiger partial charge in [0, 0.05) is 5.69 Å². The summed E-state index contributed by atoms with van der Waals surface area (Å²) in [6.45, 7) is 0. The fourth-order valence-corrected chi connectivity index (χ4v) is 3.12. The van der Waals surface area contributed by atoms with Gasteiger partial charge >= 0.3 is 17.8 Å². The van der Waals surface area contributed by atoms with Crippen LogP contribution in [0.2, 0.25) is 15.1 Å². The molecule has 0 bridgehead atoms. The number of benzene rings is 3. The average Bonchev–Trinajstić information content (AvgIpc) is 2.82. The van der Waals surface area contributed by atoms with Gasteiger partial charge in [0.25, 0.3) is 0 Å². The molecule has 2 N–H and O–H groups in total. The van der Waals surface area contributed by atoms with E-state index in [1.54, 1.807) is 30.3 Å². The van der Waals surface area contributed by atoms with Crippen LogP contribution in [0.25, 0.3) is 0 Å². The second kappa shape index (κ2) is 11.5. The van der Waals surface area contributed by atoms with E-state index < -0.39 is 17.8 Å². The Bertz CT molecular complexity index is 1280. The zero-order valence-corrected chi connectivity index (χ0v) is 19.7. The quantitative estimate of drug-likeness (QED) is 0.157. The van der Waals surface area contributed by atoms with Gasteiger partial charge in [0.05, 0.1) is 34.0 Å². The minimum absolute atomic E-state index is 0.162. The zero-order valence-electron chi connectivity index (χ0n) is 17.5. The smallest absolute Gasteiger partial charge is 0.345 e. The van der Waals surface area contributed by atoms with Crippen LogP contribution in [0.4, 0.5) is 5.69 Å². The van der Waals surface area contributed by atoms with Crippen LogP contribution in [0.1, 0.15) is 15.9 Å². The molecule has 0 aromatic heterocycles.